The van der Waals surface area contributed by atoms with E-state index in [0.717, 1.165) is 22.4 Å². The highest BCUT2D eigenvalue weighted by Crippen LogP contribution is 2.34. The number of nitrogens with one attached hydrogen (secondary N) is 1. The third kappa shape index (κ3) is 3.15. The van der Waals surface area contributed by atoms with Gasteiger partial charge in [-0.15, -0.1) is 0 Å². The molecule has 26 heavy (non-hydrogen) atoms. The van der Waals surface area contributed by atoms with E-state index in [2.05, 4.69) is 60.8 Å². The van der Waals surface area contributed by atoms with E-state index in [-0.39, 0.29) is 17.9 Å². The number of para-hydroxylation sites is 1. The molecule has 0 bridgehead atoms. The van der Waals surface area contributed by atoms with Crippen molar-refractivity contribution >= 4 is 11.5 Å². The number of carbonyl (C=O) groups excluding carboxylic acids is 1. The summed E-state index contributed by atoms with van der Waals surface area (Å²) < 4.78 is 2.00. The predicted octanol–water partition coefficient (Wildman–Crippen LogP) is 4.48. The molecular formula is C22H23N3O. The van der Waals surface area contributed by atoms with Crippen molar-refractivity contribution in [2.24, 2.45) is 0 Å². The minimum atomic E-state index is 0.142. The second-order valence-corrected chi connectivity index (χ2v) is 7.10. The highest BCUT2D eigenvalue weighted by atomic mass is 16.1. The van der Waals surface area contributed by atoms with Gasteiger partial charge in [-0.2, -0.15) is 5.10 Å². The van der Waals surface area contributed by atoms with Crippen LogP contribution >= 0.6 is 0 Å². The van der Waals surface area contributed by atoms with Crippen LogP contribution in [0, 0.1) is 0 Å². The maximum Gasteiger partial charge on any atom is 0.139 e. The van der Waals surface area contributed by atoms with E-state index >= 15 is 0 Å². The number of carbonyl (C=O) groups is 1. The molecule has 4 heteroatoms. The Balaban J connectivity index is 1.71. The molecular weight excluding hydrogens is 322 g/mol. The molecule has 3 aromatic rings. The smallest absolute Gasteiger partial charge is 0.139 e. The number of ketones is 1. The fraction of sp³-hybridized carbons (Fsp3) is 0.273. The minimum Gasteiger partial charge on any atom is -0.381 e. The molecule has 1 N–H and O–H groups in total. The lowest BCUT2D eigenvalue weighted by atomic mass is 10.00. The number of nitrogens with zero attached hydrogens (tertiary/aromatic N) is 2. The Morgan fingerprint density at radius 3 is 2.77 bits per heavy atom. The monoisotopic (exact) mass is 345 g/mol. The molecule has 0 unspecified atom stereocenters. The number of aromatic nitrogens is 2. The molecule has 1 aromatic heterocycles. The Morgan fingerprint density at radius 1 is 1.15 bits per heavy atom. The maximum atomic E-state index is 12.1. The van der Waals surface area contributed by atoms with E-state index < -0.39 is 0 Å². The van der Waals surface area contributed by atoms with Crippen LogP contribution in [0.5, 0.6) is 0 Å². The first-order valence-electron chi connectivity index (χ1n) is 9.11. The summed E-state index contributed by atoms with van der Waals surface area (Å²) in [5, 5.41) is 8.13. The number of hydrogen-bond acceptors (Lipinski definition) is 3. The normalized spacial score (nSPS) is 17.9. The molecule has 0 aliphatic carbocycles. The molecule has 0 fully saturated rings. The number of rotatable bonds is 3. The van der Waals surface area contributed by atoms with E-state index in [4.69, 9.17) is 0 Å². The second-order valence-electron chi connectivity index (χ2n) is 7.10. The maximum absolute atomic E-state index is 12.1. The van der Waals surface area contributed by atoms with Crippen molar-refractivity contribution in [2.45, 2.75) is 38.8 Å². The lowest BCUT2D eigenvalue weighted by Crippen LogP contribution is -2.17. The van der Waals surface area contributed by atoms with Gasteiger partial charge in [0.1, 0.15) is 5.78 Å². The summed E-state index contributed by atoms with van der Waals surface area (Å²) >= 11 is 0. The van der Waals surface area contributed by atoms with E-state index in [1.54, 1.807) is 0 Å². The summed E-state index contributed by atoms with van der Waals surface area (Å²) in [7, 11) is 0. The van der Waals surface area contributed by atoms with Crippen LogP contribution in [0.2, 0.25) is 0 Å². The molecule has 0 spiro atoms. The SMILES string of the molecule is C[C@@H]1CC(=O)Cc2cccc(-c3cnn([C@@H](C)c4ccccc4)c3)c2N1. The Hall–Kier alpha value is -2.88. The summed E-state index contributed by atoms with van der Waals surface area (Å²) in [6.45, 7) is 4.21. The van der Waals surface area contributed by atoms with Gasteiger partial charge >= 0.3 is 0 Å². The quantitative estimate of drug-likeness (QED) is 0.761. The third-order valence-electron chi connectivity index (χ3n) is 5.05. The van der Waals surface area contributed by atoms with Crippen molar-refractivity contribution in [3.8, 4) is 11.1 Å². The fourth-order valence-electron chi connectivity index (χ4n) is 3.66. The van der Waals surface area contributed by atoms with Crippen molar-refractivity contribution in [3.05, 3.63) is 72.1 Å². The van der Waals surface area contributed by atoms with Crippen LogP contribution in [0.15, 0.2) is 60.9 Å². The second kappa shape index (κ2) is 6.79. The largest absolute Gasteiger partial charge is 0.381 e. The lowest BCUT2D eigenvalue weighted by Gasteiger charge is -2.16. The third-order valence-corrected chi connectivity index (χ3v) is 5.05. The molecule has 2 aromatic carbocycles. The van der Waals surface area contributed by atoms with Crippen molar-refractivity contribution in [1.82, 2.24) is 9.78 Å². The first-order chi connectivity index (χ1) is 12.6. The van der Waals surface area contributed by atoms with Crippen LogP contribution in [-0.4, -0.2) is 21.6 Å². The molecule has 4 nitrogen and oxygen atoms in total. The Kier molecular flexibility index (Phi) is 4.33. The molecule has 0 saturated heterocycles. The lowest BCUT2D eigenvalue weighted by molar-refractivity contribution is -0.118. The number of hydrogen-bond donors (Lipinski definition) is 1. The molecule has 2 heterocycles. The zero-order valence-electron chi connectivity index (χ0n) is 15.1. The zero-order chi connectivity index (χ0) is 18.1. The van der Waals surface area contributed by atoms with Gasteiger partial charge in [0.15, 0.2) is 0 Å². The van der Waals surface area contributed by atoms with Gasteiger partial charge in [-0.25, -0.2) is 0 Å². The number of fused-ring (bicyclic) bond motifs is 1. The van der Waals surface area contributed by atoms with Gasteiger partial charge in [0.25, 0.3) is 0 Å². The highest BCUT2D eigenvalue weighted by Gasteiger charge is 2.21. The molecule has 0 saturated carbocycles. The van der Waals surface area contributed by atoms with Gasteiger partial charge in [0, 0.05) is 41.9 Å². The zero-order valence-corrected chi connectivity index (χ0v) is 15.1. The summed E-state index contributed by atoms with van der Waals surface area (Å²) in [6, 6.07) is 16.8. The van der Waals surface area contributed by atoms with Crippen LogP contribution in [0.1, 0.15) is 37.4 Å². The molecule has 0 radical (unpaired) electrons. The fourth-order valence-corrected chi connectivity index (χ4v) is 3.66. The van der Waals surface area contributed by atoms with Gasteiger partial charge in [-0.05, 0) is 25.0 Å². The van der Waals surface area contributed by atoms with Crippen LogP contribution in [0.25, 0.3) is 11.1 Å². The van der Waals surface area contributed by atoms with E-state index in [1.165, 1.54) is 5.56 Å². The van der Waals surface area contributed by atoms with Gasteiger partial charge < -0.3 is 5.32 Å². The number of benzene rings is 2. The molecule has 4 rings (SSSR count). The highest BCUT2D eigenvalue weighted by molar-refractivity contribution is 5.89. The Morgan fingerprint density at radius 2 is 1.96 bits per heavy atom. The minimum absolute atomic E-state index is 0.142. The van der Waals surface area contributed by atoms with E-state index in [9.17, 15) is 4.79 Å². The molecule has 1 aliphatic heterocycles. The standard InChI is InChI=1S/C22H23N3O/c1-15-11-20(26)12-18-9-6-10-21(22(18)24-15)19-13-23-25(14-19)16(2)17-7-4-3-5-8-17/h3-10,13-16,24H,11-12H2,1-2H3/t15-,16+/m1/s1. The molecule has 1 aliphatic rings. The predicted molar refractivity (Wildman–Crippen MR) is 104 cm³/mol. The van der Waals surface area contributed by atoms with Crippen LogP contribution < -0.4 is 5.32 Å². The molecule has 2 atom stereocenters. The Labute approximate surface area is 153 Å². The van der Waals surface area contributed by atoms with E-state index in [0.29, 0.717) is 12.8 Å². The van der Waals surface area contributed by atoms with Crippen molar-refractivity contribution in [2.75, 3.05) is 5.32 Å². The van der Waals surface area contributed by atoms with Gasteiger partial charge in [0.2, 0.25) is 0 Å². The van der Waals surface area contributed by atoms with Gasteiger partial charge in [0.05, 0.1) is 12.2 Å². The first kappa shape index (κ1) is 16.6. The topological polar surface area (TPSA) is 46.9 Å². The first-order valence-corrected chi connectivity index (χ1v) is 9.11. The van der Waals surface area contributed by atoms with Crippen LogP contribution in [0.4, 0.5) is 5.69 Å². The Bertz CT molecular complexity index is 930. The van der Waals surface area contributed by atoms with E-state index in [1.807, 2.05) is 29.1 Å². The van der Waals surface area contributed by atoms with Crippen molar-refractivity contribution in [3.63, 3.8) is 0 Å². The molecule has 132 valence electrons. The van der Waals surface area contributed by atoms with Crippen molar-refractivity contribution < 1.29 is 4.79 Å². The number of Topliss-reactive ketones (excluding diaryl/α,β-unsaturated/α-hetero) is 1. The number of anilines is 1. The van der Waals surface area contributed by atoms with Crippen LogP contribution in [-0.2, 0) is 11.2 Å². The van der Waals surface area contributed by atoms with Gasteiger partial charge in [-0.1, -0.05) is 48.5 Å². The summed E-state index contributed by atoms with van der Waals surface area (Å²) in [4.78, 5) is 12.1. The summed E-state index contributed by atoms with van der Waals surface area (Å²) in [5.74, 6) is 0.286. The molecule has 0 amide bonds. The summed E-state index contributed by atoms with van der Waals surface area (Å²) in [6.07, 6.45) is 5.06. The van der Waals surface area contributed by atoms with Gasteiger partial charge in [-0.3, -0.25) is 9.48 Å². The average Bonchev–Trinajstić information content (AvgIpc) is 3.07. The van der Waals surface area contributed by atoms with Crippen LogP contribution in [0.3, 0.4) is 0 Å². The van der Waals surface area contributed by atoms with Crippen molar-refractivity contribution in [1.29, 1.82) is 0 Å². The summed E-state index contributed by atoms with van der Waals surface area (Å²) in [5.41, 5.74) is 5.54. The average molecular weight is 345 g/mol.